The van der Waals surface area contributed by atoms with E-state index in [0.717, 1.165) is 12.1 Å². The number of rotatable bonds is 4. The van der Waals surface area contributed by atoms with Crippen LogP contribution in [0.1, 0.15) is 0 Å². The van der Waals surface area contributed by atoms with Crippen LogP contribution in [0.2, 0.25) is 10.0 Å². The van der Waals surface area contributed by atoms with Gasteiger partial charge in [-0.1, -0.05) is 47.5 Å². The smallest absolute Gasteiger partial charge is 0.281 e. The molecule has 0 aliphatic carbocycles. The number of hydrogen-bond acceptors (Lipinski definition) is 5. The zero-order valence-electron chi connectivity index (χ0n) is 11.8. The van der Waals surface area contributed by atoms with Crippen LogP contribution in [0.25, 0.3) is 0 Å². The SMILES string of the molecule is N=C(N)N(S(=O)(=O)c1ccccc1Cl)S(=O)(=O)c1ccccc1Cl. The third-order valence-electron chi connectivity index (χ3n) is 2.86. The molecule has 0 unspecified atom stereocenters. The maximum Gasteiger partial charge on any atom is 0.281 e. The molecule has 7 nitrogen and oxygen atoms in total. The van der Waals surface area contributed by atoms with E-state index in [0.29, 0.717) is 0 Å². The van der Waals surface area contributed by atoms with Crippen molar-refractivity contribution in [3.05, 3.63) is 58.6 Å². The minimum Gasteiger partial charge on any atom is -0.368 e. The van der Waals surface area contributed by atoms with Gasteiger partial charge < -0.3 is 5.73 Å². The van der Waals surface area contributed by atoms with Crippen molar-refractivity contribution in [3.8, 4) is 0 Å². The lowest BCUT2D eigenvalue weighted by Gasteiger charge is -2.22. The van der Waals surface area contributed by atoms with E-state index in [4.69, 9.17) is 34.3 Å². The van der Waals surface area contributed by atoms with Crippen LogP contribution >= 0.6 is 23.2 Å². The van der Waals surface area contributed by atoms with Gasteiger partial charge in [-0.05, 0) is 24.3 Å². The molecule has 24 heavy (non-hydrogen) atoms. The minimum atomic E-state index is -4.75. The van der Waals surface area contributed by atoms with Gasteiger partial charge in [0.25, 0.3) is 20.0 Å². The molecule has 0 fully saturated rings. The summed E-state index contributed by atoms with van der Waals surface area (Å²) in [6.45, 7) is 0. The lowest BCUT2D eigenvalue weighted by atomic mass is 10.4. The van der Waals surface area contributed by atoms with E-state index in [1.165, 1.54) is 36.4 Å². The Kier molecular flexibility index (Phi) is 5.09. The average Bonchev–Trinajstić information content (AvgIpc) is 2.46. The van der Waals surface area contributed by atoms with Gasteiger partial charge in [0.2, 0.25) is 5.96 Å². The first-order valence-corrected chi connectivity index (χ1v) is 9.87. The molecule has 2 rings (SSSR count). The summed E-state index contributed by atoms with van der Waals surface area (Å²) < 4.78 is 50.7. The highest BCUT2D eigenvalue weighted by molar-refractivity contribution is 8.05. The molecular formula is C13H11Cl2N3O4S2. The molecule has 128 valence electrons. The van der Waals surface area contributed by atoms with Gasteiger partial charge in [0, 0.05) is 0 Å². The van der Waals surface area contributed by atoms with Crippen LogP contribution < -0.4 is 5.73 Å². The standard InChI is InChI=1S/C13H11Cl2N3O4S2/c14-9-5-1-3-7-11(9)23(19,20)18(13(16)17)24(21,22)12-8-4-2-6-10(12)15/h1-8H,(H3,16,17). The molecule has 0 atom stereocenters. The van der Waals surface area contributed by atoms with Gasteiger partial charge in [0.1, 0.15) is 9.79 Å². The maximum atomic E-state index is 12.7. The van der Waals surface area contributed by atoms with E-state index in [1.807, 2.05) is 0 Å². The number of guanidine groups is 1. The summed E-state index contributed by atoms with van der Waals surface area (Å²) in [6, 6.07) is 10.4. The molecular weight excluding hydrogens is 397 g/mol. The Balaban J connectivity index is 2.74. The predicted molar refractivity (Wildman–Crippen MR) is 91.0 cm³/mol. The molecule has 2 aromatic rings. The summed E-state index contributed by atoms with van der Waals surface area (Å²) in [7, 11) is -9.50. The second-order valence-electron chi connectivity index (χ2n) is 4.45. The van der Waals surface area contributed by atoms with E-state index in [2.05, 4.69) is 0 Å². The second-order valence-corrected chi connectivity index (χ2v) is 9.01. The summed E-state index contributed by atoms with van der Waals surface area (Å²) >= 11 is 11.7. The maximum absolute atomic E-state index is 12.7. The summed E-state index contributed by atoms with van der Waals surface area (Å²) in [6.07, 6.45) is 0. The van der Waals surface area contributed by atoms with Crippen molar-refractivity contribution in [1.29, 1.82) is 5.41 Å². The molecule has 0 bridgehead atoms. The average molecular weight is 408 g/mol. The van der Waals surface area contributed by atoms with Crippen LogP contribution in [0.5, 0.6) is 0 Å². The Morgan fingerprint density at radius 2 is 1.17 bits per heavy atom. The molecule has 2 aromatic carbocycles. The fraction of sp³-hybridized carbons (Fsp3) is 0. The quantitative estimate of drug-likeness (QED) is 0.594. The highest BCUT2D eigenvalue weighted by Gasteiger charge is 2.39. The Bertz CT molecular complexity index is 932. The monoisotopic (exact) mass is 407 g/mol. The zero-order valence-corrected chi connectivity index (χ0v) is 15.0. The van der Waals surface area contributed by atoms with Gasteiger partial charge in [-0.15, -0.1) is 3.71 Å². The molecule has 0 aliphatic rings. The highest BCUT2D eigenvalue weighted by Crippen LogP contribution is 2.31. The van der Waals surface area contributed by atoms with E-state index in [1.54, 1.807) is 0 Å². The van der Waals surface area contributed by atoms with Crippen molar-refractivity contribution < 1.29 is 16.8 Å². The van der Waals surface area contributed by atoms with Crippen LogP contribution in [0.4, 0.5) is 0 Å². The van der Waals surface area contributed by atoms with Crippen molar-refractivity contribution in [2.75, 3.05) is 0 Å². The van der Waals surface area contributed by atoms with Gasteiger partial charge in [-0.3, -0.25) is 5.41 Å². The third kappa shape index (κ3) is 3.20. The van der Waals surface area contributed by atoms with Gasteiger partial charge in [-0.25, -0.2) is 0 Å². The lowest BCUT2D eigenvalue weighted by molar-refractivity contribution is 0.544. The molecule has 0 saturated heterocycles. The van der Waals surface area contributed by atoms with E-state index < -0.39 is 35.8 Å². The van der Waals surface area contributed by atoms with Crippen LogP contribution in [0.3, 0.4) is 0 Å². The zero-order chi connectivity index (χ0) is 18.1. The molecule has 0 spiro atoms. The number of nitrogens with two attached hydrogens (primary N) is 1. The summed E-state index contributed by atoms with van der Waals surface area (Å²) in [5, 5.41) is 7.04. The van der Waals surface area contributed by atoms with Gasteiger partial charge in [0.05, 0.1) is 10.0 Å². The predicted octanol–water partition coefficient (Wildman–Crippen LogP) is 2.27. The first kappa shape index (κ1) is 18.5. The molecule has 3 N–H and O–H groups in total. The summed E-state index contributed by atoms with van der Waals surface area (Å²) in [5.41, 5.74) is 5.25. The van der Waals surface area contributed by atoms with E-state index in [-0.39, 0.29) is 13.8 Å². The molecule has 0 aromatic heterocycles. The Morgan fingerprint density at radius 3 is 1.46 bits per heavy atom. The topological polar surface area (TPSA) is 121 Å². The van der Waals surface area contributed by atoms with Crippen molar-refractivity contribution >= 4 is 49.2 Å². The van der Waals surface area contributed by atoms with Gasteiger partial charge >= 0.3 is 0 Å². The molecule has 0 heterocycles. The first-order chi connectivity index (χ1) is 11.1. The number of sulfonamides is 2. The number of benzene rings is 2. The normalized spacial score (nSPS) is 11.9. The van der Waals surface area contributed by atoms with Gasteiger partial charge in [0.15, 0.2) is 0 Å². The number of halogens is 2. The van der Waals surface area contributed by atoms with Gasteiger partial charge in [-0.2, -0.15) is 16.8 Å². The van der Waals surface area contributed by atoms with Crippen LogP contribution in [0, 0.1) is 5.41 Å². The largest absolute Gasteiger partial charge is 0.368 e. The van der Waals surface area contributed by atoms with Crippen molar-refractivity contribution in [2.24, 2.45) is 5.73 Å². The number of nitrogens with zero attached hydrogens (tertiary/aromatic N) is 1. The molecule has 11 heteroatoms. The van der Waals surface area contributed by atoms with Crippen molar-refractivity contribution in [2.45, 2.75) is 9.79 Å². The minimum absolute atomic E-state index is 0.206. The molecule has 0 saturated carbocycles. The van der Waals surface area contributed by atoms with Crippen LogP contribution in [0.15, 0.2) is 58.3 Å². The third-order valence-corrected chi connectivity index (χ3v) is 8.01. The molecule has 0 aliphatic heterocycles. The number of nitrogens with one attached hydrogen (secondary N) is 1. The second kappa shape index (κ2) is 6.60. The first-order valence-electron chi connectivity index (χ1n) is 6.24. The summed E-state index contributed by atoms with van der Waals surface area (Å²) in [4.78, 5) is -1.00. The van der Waals surface area contributed by atoms with E-state index in [9.17, 15) is 16.8 Å². The van der Waals surface area contributed by atoms with Crippen molar-refractivity contribution in [1.82, 2.24) is 3.71 Å². The molecule has 0 radical (unpaired) electrons. The Hall–Kier alpha value is -1.81. The Morgan fingerprint density at radius 1 is 0.833 bits per heavy atom. The number of hydrogen-bond donors (Lipinski definition) is 2. The lowest BCUT2D eigenvalue weighted by Crippen LogP contribution is -2.45. The van der Waals surface area contributed by atoms with E-state index >= 15 is 0 Å². The molecule has 0 amide bonds. The van der Waals surface area contributed by atoms with Crippen LogP contribution in [-0.2, 0) is 20.0 Å². The highest BCUT2D eigenvalue weighted by atomic mass is 35.5. The Labute approximate surface area is 149 Å². The fourth-order valence-electron chi connectivity index (χ4n) is 1.87. The summed E-state index contributed by atoms with van der Waals surface area (Å²) in [5.74, 6) is -1.21. The van der Waals surface area contributed by atoms with Crippen LogP contribution in [-0.4, -0.2) is 26.5 Å². The van der Waals surface area contributed by atoms with Crippen molar-refractivity contribution in [3.63, 3.8) is 0 Å². The fourth-order valence-corrected chi connectivity index (χ4v) is 6.25.